The van der Waals surface area contributed by atoms with Gasteiger partial charge in [0.1, 0.15) is 5.75 Å². The topological polar surface area (TPSA) is 61.8 Å². The molecule has 5 heteroatoms. The first-order valence-corrected chi connectivity index (χ1v) is 9.53. The molecule has 0 aromatic heterocycles. The Morgan fingerprint density at radius 3 is 2.78 bits per heavy atom. The van der Waals surface area contributed by atoms with Gasteiger partial charge in [-0.2, -0.15) is 0 Å². The molecule has 27 heavy (non-hydrogen) atoms. The fourth-order valence-corrected chi connectivity index (χ4v) is 3.93. The van der Waals surface area contributed by atoms with Gasteiger partial charge in [-0.3, -0.25) is 4.79 Å². The maximum atomic E-state index is 12.9. The van der Waals surface area contributed by atoms with Gasteiger partial charge in [0.05, 0.1) is 18.8 Å². The number of aliphatic hydroxyl groups is 1. The largest absolute Gasteiger partial charge is 0.493 e. The number of nitrogens with one attached hydrogen (secondary N) is 1. The van der Waals surface area contributed by atoms with E-state index in [9.17, 15) is 9.90 Å². The predicted octanol–water partition coefficient (Wildman–Crippen LogP) is 2.93. The molecule has 0 saturated heterocycles. The number of ether oxygens (including phenoxy) is 1. The molecule has 0 spiro atoms. The zero-order chi connectivity index (χ0) is 19.0. The second-order valence-electron chi connectivity index (χ2n) is 7.75. The third kappa shape index (κ3) is 3.65. The molecule has 1 heterocycles. The first-order valence-electron chi connectivity index (χ1n) is 9.53. The van der Waals surface area contributed by atoms with Gasteiger partial charge < -0.3 is 20.1 Å². The van der Waals surface area contributed by atoms with Gasteiger partial charge >= 0.3 is 0 Å². The van der Waals surface area contributed by atoms with Gasteiger partial charge in [-0.25, -0.2) is 0 Å². The van der Waals surface area contributed by atoms with Crippen LogP contribution in [0.5, 0.6) is 5.75 Å². The van der Waals surface area contributed by atoms with E-state index in [1.165, 1.54) is 5.56 Å². The molecule has 0 radical (unpaired) electrons. The molecule has 1 atom stereocenters. The van der Waals surface area contributed by atoms with Gasteiger partial charge in [-0.1, -0.05) is 12.1 Å². The Balaban J connectivity index is 1.58. The molecule has 1 fully saturated rings. The summed E-state index contributed by atoms with van der Waals surface area (Å²) in [5.41, 5.74) is 3.93. The van der Waals surface area contributed by atoms with Crippen LogP contribution < -0.4 is 15.0 Å². The fraction of sp³-hybridized carbons (Fsp3) is 0.409. The minimum Gasteiger partial charge on any atom is -0.493 e. The van der Waals surface area contributed by atoms with Crippen LogP contribution in [0.25, 0.3) is 0 Å². The van der Waals surface area contributed by atoms with Crippen LogP contribution in [0, 0.1) is 5.92 Å². The molecule has 142 valence electrons. The molecule has 2 aromatic rings. The summed E-state index contributed by atoms with van der Waals surface area (Å²) < 4.78 is 5.61. The van der Waals surface area contributed by atoms with Crippen molar-refractivity contribution in [1.29, 1.82) is 0 Å². The average molecular weight is 366 g/mol. The number of aliphatic hydroxyl groups excluding tert-OH is 1. The van der Waals surface area contributed by atoms with E-state index < -0.39 is 0 Å². The van der Waals surface area contributed by atoms with Crippen LogP contribution >= 0.6 is 0 Å². The van der Waals surface area contributed by atoms with Gasteiger partial charge in [0, 0.05) is 31.8 Å². The number of benzene rings is 2. The summed E-state index contributed by atoms with van der Waals surface area (Å²) in [5.74, 6) is 1.11. The lowest BCUT2D eigenvalue weighted by atomic mass is 9.74. The van der Waals surface area contributed by atoms with Gasteiger partial charge in [-0.05, 0) is 60.2 Å². The summed E-state index contributed by atoms with van der Waals surface area (Å²) >= 11 is 0. The highest BCUT2D eigenvalue weighted by atomic mass is 16.5. The number of carbonyl (C=O) groups excluding carboxylic acids is 1. The molecule has 0 unspecified atom stereocenters. The summed E-state index contributed by atoms with van der Waals surface area (Å²) in [6.07, 6.45) is 2.08. The van der Waals surface area contributed by atoms with Crippen LogP contribution in [0.4, 0.5) is 5.69 Å². The molecule has 1 saturated carbocycles. The van der Waals surface area contributed by atoms with E-state index in [-0.39, 0.29) is 24.0 Å². The van der Waals surface area contributed by atoms with Crippen molar-refractivity contribution in [2.45, 2.75) is 31.4 Å². The number of hydrogen-bond donors (Lipinski definition) is 2. The van der Waals surface area contributed by atoms with Crippen LogP contribution in [0.2, 0.25) is 0 Å². The molecule has 2 N–H and O–H groups in total. The number of hydrogen-bond acceptors (Lipinski definition) is 4. The van der Waals surface area contributed by atoms with Crippen molar-refractivity contribution in [3.05, 3.63) is 59.2 Å². The van der Waals surface area contributed by atoms with Gasteiger partial charge in [0.15, 0.2) is 0 Å². The number of fused-ring (bicyclic) bond motifs is 1. The van der Waals surface area contributed by atoms with E-state index in [4.69, 9.17) is 4.74 Å². The predicted molar refractivity (Wildman–Crippen MR) is 105 cm³/mol. The Labute approximate surface area is 160 Å². The minimum atomic E-state index is -0.260. The van der Waals surface area contributed by atoms with Crippen LogP contribution in [0.3, 0.4) is 0 Å². The molecular formula is C22H26N2O3. The second-order valence-corrected chi connectivity index (χ2v) is 7.75. The number of anilines is 1. The molecule has 1 aliphatic carbocycles. The van der Waals surface area contributed by atoms with E-state index in [1.807, 2.05) is 55.4 Å². The van der Waals surface area contributed by atoms with E-state index in [0.29, 0.717) is 5.56 Å². The van der Waals surface area contributed by atoms with E-state index in [0.717, 1.165) is 42.9 Å². The first kappa shape index (κ1) is 17.9. The normalized spacial score (nSPS) is 21.6. The Hall–Kier alpha value is -2.53. The number of carbonyl (C=O) groups is 1. The Kier molecular flexibility index (Phi) is 4.79. The lowest BCUT2D eigenvalue weighted by Crippen LogP contribution is -2.41. The molecule has 4 rings (SSSR count). The highest BCUT2D eigenvalue weighted by Gasteiger charge is 2.36. The van der Waals surface area contributed by atoms with Crippen molar-refractivity contribution in [3.8, 4) is 5.75 Å². The molecule has 2 aliphatic rings. The Bertz CT molecular complexity index is 843. The third-order valence-corrected chi connectivity index (χ3v) is 5.61. The summed E-state index contributed by atoms with van der Waals surface area (Å²) in [5, 5.41) is 13.0. The smallest absolute Gasteiger partial charge is 0.251 e. The van der Waals surface area contributed by atoms with E-state index in [2.05, 4.69) is 11.4 Å². The third-order valence-electron chi connectivity index (χ3n) is 5.61. The van der Waals surface area contributed by atoms with Crippen molar-refractivity contribution in [3.63, 3.8) is 0 Å². The van der Waals surface area contributed by atoms with Gasteiger partial charge in [-0.15, -0.1) is 0 Å². The summed E-state index contributed by atoms with van der Waals surface area (Å²) in [6.45, 7) is 0.718. The van der Waals surface area contributed by atoms with Crippen LogP contribution in [-0.4, -0.2) is 37.8 Å². The Morgan fingerprint density at radius 1 is 1.22 bits per heavy atom. The zero-order valence-electron chi connectivity index (χ0n) is 15.8. The lowest BCUT2D eigenvalue weighted by molar-refractivity contribution is 0.0235. The van der Waals surface area contributed by atoms with Crippen molar-refractivity contribution in [1.82, 2.24) is 5.32 Å². The van der Waals surface area contributed by atoms with E-state index >= 15 is 0 Å². The van der Waals surface area contributed by atoms with Crippen molar-refractivity contribution in [2.24, 2.45) is 5.92 Å². The number of amides is 1. The van der Waals surface area contributed by atoms with Crippen LogP contribution in [0.15, 0.2) is 42.5 Å². The van der Waals surface area contributed by atoms with Gasteiger partial charge in [0.25, 0.3) is 5.91 Å². The summed E-state index contributed by atoms with van der Waals surface area (Å²) in [6, 6.07) is 13.7. The number of nitrogens with zero attached hydrogens (tertiary/aromatic N) is 1. The monoisotopic (exact) mass is 366 g/mol. The molecule has 1 amide bonds. The standard InChI is InChI=1S/C22H26N2O3/c1-24(2)18-5-3-4-16(11-18)22(26)23-21(17-12-19(25)13-17)15-6-7-20-14(10-15)8-9-27-20/h3-7,10-11,17,19,21,25H,8-9,12-13H2,1-2H3,(H,23,26)/t17?,19?,21-/m1/s1. The molecule has 2 aromatic carbocycles. The van der Waals surface area contributed by atoms with Crippen molar-refractivity contribution < 1.29 is 14.6 Å². The average Bonchev–Trinajstić information content (AvgIpc) is 3.11. The lowest BCUT2D eigenvalue weighted by Gasteiger charge is -2.38. The van der Waals surface area contributed by atoms with Crippen molar-refractivity contribution >= 4 is 11.6 Å². The van der Waals surface area contributed by atoms with Crippen LogP contribution in [0.1, 0.15) is 40.4 Å². The zero-order valence-corrected chi connectivity index (χ0v) is 15.8. The van der Waals surface area contributed by atoms with Gasteiger partial charge in [0.2, 0.25) is 0 Å². The fourth-order valence-electron chi connectivity index (χ4n) is 3.93. The SMILES string of the molecule is CN(C)c1cccc(C(=O)N[C@H](c2ccc3c(c2)CCO3)C2CC(O)C2)c1. The Morgan fingerprint density at radius 2 is 2.04 bits per heavy atom. The molecule has 0 bridgehead atoms. The summed E-state index contributed by atoms with van der Waals surface area (Å²) in [4.78, 5) is 14.9. The molecule has 5 nitrogen and oxygen atoms in total. The van der Waals surface area contributed by atoms with Crippen molar-refractivity contribution in [2.75, 3.05) is 25.6 Å². The van der Waals surface area contributed by atoms with E-state index in [1.54, 1.807) is 0 Å². The second kappa shape index (κ2) is 7.24. The maximum absolute atomic E-state index is 12.9. The maximum Gasteiger partial charge on any atom is 0.251 e. The summed E-state index contributed by atoms with van der Waals surface area (Å²) in [7, 11) is 3.92. The highest BCUT2D eigenvalue weighted by molar-refractivity contribution is 5.95. The number of rotatable bonds is 5. The quantitative estimate of drug-likeness (QED) is 0.854. The molecule has 1 aliphatic heterocycles. The van der Waals surface area contributed by atoms with Crippen LogP contribution in [-0.2, 0) is 6.42 Å². The minimum absolute atomic E-state index is 0.0816. The first-order chi connectivity index (χ1) is 13.0. The highest BCUT2D eigenvalue weighted by Crippen LogP contribution is 2.40. The molecular weight excluding hydrogens is 340 g/mol.